The van der Waals surface area contributed by atoms with Crippen LogP contribution in [-0.2, 0) is 11.3 Å². The first-order valence-electron chi connectivity index (χ1n) is 6.43. The molecule has 0 spiro atoms. The quantitative estimate of drug-likeness (QED) is 0.874. The highest BCUT2D eigenvalue weighted by Gasteiger charge is 2.12. The predicted molar refractivity (Wildman–Crippen MR) is 68.2 cm³/mol. The number of hydrogen-bond acceptors (Lipinski definition) is 3. The third kappa shape index (κ3) is 3.68. The minimum atomic E-state index is -0.272. The van der Waals surface area contributed by atoms with E-state index >= 15 is 0 Å². The van der Waals surface area contributed by atoms with E-state index in [-0.39, 0.29) is 5.82 Å². The number of hydrogen-bond donors (Lipinski definition) is 1. The molecular weight excluding hydrogens is 233 g/mol. The molecule has 1 aliphatic rings. The van der Waals surface area contributed by atoms with Crippen molar-refractivity contribution in [2.45, 2.75) is 31.9 Å². The van der Waals surface area contributed by atoms with Gasteiger partial charge in [0.2, 0.25) is 0 Å². The van der Waals surface area contributed by atoms with E-state index < -0.39 is 0 Å². The molecule has 0 saturated carbocycles. The highest BCUT2D eigenvalue weighted by Crippen LogP contribution is 2.17. The molecule has 1 atom stereocenters. The Kier molecular flexibility index (Phi) is 4.96. The van der Waals surface area contributed by atoms with Crippen molar-refractivity contribution in [3.63, 3.8) is 0 Å². The van der Waals surface area contributed by atoms with Crippen molar-refractivity contribution in [2.24, 2.45) is 0 Å². The Morgan fingerprint density at radius 1 is 1.39 bits per heavy atom. The fourth-order valence-electron chi connectivity index (χ4n) is 2.15. The van der Waals surface area contributed by atoms with Crippen LogP contribution in [0.4, 0.5) is 4.39 Å². The van der Waals surface area contributed by atoms with E-state index in [1.54, 1.807) is 12.1 Å². The van der Waals surface area contributed by atoms with Gasteiger partial charge < -0.3 is 14.8 Å². The second kappa shape index (κ2) is 6.71. The van der Waals surface area contributed by atoms with Crippen LogP contribution < -0.4 is 10.1 Å². The van der Waals surface area contributed by atoms with E-state index in [0.29, 0.717) is 30.6 Å². The molecule has 4 heteroatoms. The number of ether oxygens (including phenoxy) is 2. The van der Waals surface area contributed by atoms with Crippen LogP contribution in [-0.4, -0.2) is 26.3 Å². The minimum Gasteiger partial charge on any atom is -0.497 e. The van der Waals surface area contributed by atoms with Crippen LogP contribution in [0.15, 0.2) is 18.2 Å². The average molecular weight is 253 g/mol. The molecule has 1 unspecified atom stereocenters. The van der Waals surface area contributed by atoms with Crippen molar-refractivity contribution in [1.29, 1.82) is 0 Å². The summed E-state index contributed by atoms with van der Waals surface area (Å²) in [5, 5.41) is 3.40. The summed E-state index contributed by atoms with van der Waals surface area (Å²) in [5.41, 5.74) is 0.576. The molecule has 1 aliphatic heterocycles. The lowest BCUT2D eigenvalue weighted by molar-refractivity contribution is 0.0892. The van der Waals surface area contributed by atoms with E-state index in [1.165, 1.54) is 26.0 Å². The molecule has 0 aliphatic carbocycles. The first-order chi connectivity index (χ1) is 8.79. The second-order valence-corrected chi connectivity index (χ2v) is 4.62. The molecule has 3 nitrogen and oxygen atoms in total. The van der Waals surface area contributed by atoms with Gasteiger partial charge in [-0.15, -0.1) is 0 Å². The lowest BCUT2D eigenvalue weighted by Crippen LogP contribution is -2.37. The van der Waals surface area contributed by atoms with Crippen LogP contribution in [0.1, 0.15) is 24.8 Å². The summed E-state index contributed by atoms with van der Waals surface area (Å²) < 4.78 is 24.2. The van der Waals surface area contributed by atoms with Gasteiger partial charge in [0.25, 0.3) is 0 Å². The van der Waals surface area contributed by atoms with Gasteiger partial charge in [-0.05, 0) is 25.5 Å². The van der Waals surface area contributed by atoms with Crippen molar-refractivity contribution in [1.82, 2.24) is 5.32 Å². The van der Waals surface area contributed by atoms with E-state index in [9.17, 15) is 4.39 Å². The van der Waals surface area contributed by atoms with E-state index in [2.05, 4.69) is 5.32 Å². The monoisotopic (exact) mass is 253 g/mol. The number of nitrogens with one attached hydrogen (secondary N) is 1. The minimum absolute atomic E-state index is 0.272. The molecule has 0 radical (unpaired) electrons. The number of rotatable bonds is 5. The van der Waals surface area contributed by atoms with Crippen LogP contribution in [0.5, 0.6) is 5.75 Å². The molecule has 1 aromatic rings. The first-order valence-corrected chi connectivity index (χ1v) is 6.43. The van der Waals surface area contributed by atoms with Gasteiger partial charge in [0.15, 0.2) is 0 Å². The van der Waals surface area contributed by atoms with Crippen molar-refractivity contribution < 1.29 is 13.9 Å². The summed E-state index contributed by atoms with van der Waals surface area (Å²) in [7, 11) is 1.53. The highest BCUT2D eigenvalue weighted by atomic mass is 19.1. The Morgan fingerprint density at radius 2 is 2.28 bits per heavy atom. The number of benzene rings is 1. The van der Waals surface area contributed by atoms with E-state index in [1.807, 2.05) is 0 Å². The topological polar surface area (TPSA) is 30.5 Å². The second-order valence-electron chi connectivity index (χ2n) is 4.62. The van der Waals surface area contributed by atoms with Crippen LogP contribution in [0.25, 0.3) is 0 Å². The van der Waals surface area contributed by atoms with Gasteiger partial charge in [-0.2, -0.15) is 0 Å². The fourth-order valence-corrected chi connectivity index (χ4v) is 2.15. The Hall–Kier alpha value is -1.13. The average Bonchev–Trinajstić information content (AvgIpc) is 2.42. The summed E-state index contributed by atoms with van der Waals surface area (Å²) in [6.07, 6.45) is 3.63. The molecule has 1 N–H and O–H groups in total. The molecule has 100 valence electrons. The normalized spacial score (nSPS) is 19.8. The molecule has 0 bridgehead atoms. The fraction of sp³-hybridized carbons (Fsp3) is 0.571. The number of piperidine rings is 1. The lowest BCUT2D eigenvalue weighted by atomic mass is 10.1. The first kappa shape index (κ1) is 13.3. The van der Waals surface area contributed by atoms with E-state index in [4.69, 9.17) is 9.47 Å². The van der Waals surface area contributed by atoms with Gasteiger partial charge in [0.05, 0.1) is 20.3 Å². The van der Waals surface area contributed by atoms with Crippen molar-refractivity contribution in [2.75, 3.05) is 20.3 Å². The summed E-state index contributed by atoms with van der Waals surface area (Å²) in [6, 6.07) is 5.26. The Balaban J connectivity index is 1.79. The number of methoxy groups -OCH3 is 1. The highest BCUT2D eigenvalue weighted by molar-refractivity contribution is 5.28. The Bertz CT molecular complexity index is 378. The molecule has 1 saturated heterocycles. The maximum absolute atomic E-state index is 13.6. The predicted octanol–water partition coefficient (Wildman–Crippen LogP) is 2.49. The summed E-state index contributed by atoms with van der Waals surface area (Å²) in [5.74, 6) is 0.260. The lowest BCUT2D eigenvalue weighted by Gasteiger charge is -2.23. The standard InChI is InChI=1S/C14H20FNO2/c1-17-13-6-5-11(14(15)8-13)9-18-10-12-4-2-3-7-16-12/h5-6,8,12,16H,2-4,7,9-10H2,1H3. The van der Waals surface area contributed by atoms with Gasteiger partial charge >= 0.3 is 0 Å². The summed E-state index contributed by atoms with van der Waals surface area (Å²) in [6.45, 7) is 2.02. The largest absolute Gasteiger partial charge is 0.497 e. The third-order valence-corrected chi connectivity index (χ3v) is 3.25. The van der Waals surface area contributed by atoms with Crippen molar-refractivity contribution in [3.8, 4) is 5.75 Å². The SMILES string of the molecule is COc1ccc(COCC2CCCCN2)c(F)c1. The Labute approximate surface area is 107 Å². The number of halogens is 1. The molecule has 1 heterocycles. The van der Waals surface area contributed by atoms with Gasteiger partial charge in [-0.3, -0.25) is 0 Å². The zero-order valence-electron chi connectivity index (χ0n) is 10.7. The van der Waals surface area contributed by atoms with Crippen molar-refractivity contribution >= 4 is 0 Å². The zero-order chi connectivity index (χ0) is 12.8. The van der Waals surface area contributed by atoms with Crippen LogP contribution in [0, 0.1) is 5.82 Å². The molecule has 0 amide bonds. The zero-order valence-corrected chi connectivity index (χ0v) is 10.7. The van der Waals surface area contributed by atoms with Gasteiger partial charge in [-0.25, -0.2) is 4.39 Å². The molecule has 1 aromatic carbocycles. The van der Waals surface area contributed by atoms with Crippen LogP contribution in [0.2, 0.25) is 0 Å². The van der Waals surface area contributed by atoms with Crippen LogP contribution in [0.3, 0.4) is 0 Å². The maximum Gasteiger partial charge on any atom is 0.132 e. The molecular formula is C14H20FNO2. The summed E-state index contributed by atoms with van der Waals surface area (Å²) in [4.78, 5) is 0. The van der Waals surface area contributed by atoms with Gasteiger partial charge in [0.1, 0.15) is 11.6 Å². The van der Waals surface area contributed by atoms with E-state index in [0.717, 1.165) is 13.0 Å². The molecule has 0 aromatic heterocycles. The van der Waals surface area contributed by atoms with Crippen molar-refractivity contribution in [3.05, 3.63) is 29.6 Å². The summed E-state index contributed by atoms with van der Waals surface area (Å²) >= 11 is 0. The Morgan fingerprint density at radius 3 is 2.94 bits per heavy atom. The van der Waals surface area contributed by atoms with Gasteiger partial charge in [0, 0.05) is 17.7 Å². The van der Waals surface area contributed by atoms with Crippen LogP contribution >= 0.6 is 0 Å². The molecule has 18 heavy (non-hydrogen) atoms. The molecule has 1 fully saturated rings. The smallest absolute Gasteiger partial charge is 0.132 e. The van der Waals surface area contributed by atoms with Gasteiger partial charge in [-0.1, -0.05) is 12.5 Å². The maximum atomic E-state index is 13.6. The third-order valence-electron chi connectivity index (χ3n) is 3.25. The molecule has 2 rings (SSSR count).